The summed E-state index contributed by atoms with van der Waals surface area (Å²) in [6.45, 7) is 12.8. The van der Waals surface area contributed by atoms with E-state index in [9.17, 15) is 0 Å². The molecule has 2 aromatic heterocycles. The van der Waals surface area contributed by atoms with E-state index in [1.807, 2.05) is 23.5 Å². The number of likely N-dealkylation sites (tertiary alicyclic amines) is 2. The van der Waals surface area contributed by atoms with Gasteiger partial charge in [0.2, 0.25) is 0 Å². The third-order valence-electron chi connectivity index (χ3n) is 8.15. The summed E-state index contributed by atoms with van der Waals surface area (Å²) in [5, 5.41) is 3.28. The van der Waals surface area contributed by atoms with Crippen LogP contribution in [0.1, 0.15) is 49.5 Å². The van der Waals surface area contributed by atoms with Crippen LogP contribution in [0.25, 0.3) is 20.4 Å². The topological polar surface area (TPSA) is 50.7 Å². The second-order valence-corrected chi connectivity index (χ2v) is 14.4. The first-order valence-corrected chi connectivity index (χ1v) is 15.2. The van der Waals surface area contributed by atoms with E-state index in [4.69, 9.17) is 25.9 Å². The second-order valence-electron chi connectivity index (χ2n) is 11.9. The Morgan fingerprint density at radius 3 is 1.76 bits per heavy atom. The zero-order chi connectivity index (χ0) is 26.8. The molecule has 0 spiro atoms. The van der Waals surface area contributed by atoms with E-state index in [2.05, 4.69) is 80.8 Å². The molecule has 38 heavy (non-hydrogen) atoms. The number of fused-ring (bicyclic) bond motifs is 2. The highest BCUT2D eigenvalue weighted by atomic mass is 35.5. The van der Waals surface area contributed by atoms with Crippen LogP contribution in [0.4, 0.5) is 0 Å². The van der Waals surface area contributed by atoms with Crippen molar-refractivity contribution in [3.63, 3.8) is 0 Å². The molecule has 0 amide bonds. The van der Waals surface area contributed by atoms with Crippen LogP contribution in [0, 0.1) is 0 Å². The summed E-state index contributed by atoms with van der Waals surface area (Å²) in [5.74, 6) is 1.23. The molecule has 0 bridgehead atoms. The monoisotopic (exact) mass is 568 g/mol. The Morgan fingerprint density at radius 1 is 0.789 bits per heavy atom. The van der Waals surface area contributed by atoms with Gasteiger partial charge in [0.25, 0.3) is 0 Å². The summed E-state index contributed by atoms with van der Waals surface area (Å²) in [5.41, 5.74) is 2.54. The number of rotatable bonds is 3. The summed E-state index contributed by atoms with van der Waals surface area (Å²) < 4.78 is 14.8. The van der Waals surface area contributed by atoms with E-state index in [1.165, 1.54) is 19.4 Å². The van der Waals surface area contributed by atoms with Crippen molar-refractivity contribution >= 4 is 67.3 Å². The Morgan fingerprint density at radius 2 is 1.26 bits per heavy atom. The van der Waals surface area contributed by atoms with Gasteiger partial charge in [-0.15, -0.1) is 22.7 Å². The van der Waals surface area contributed by atoms with Gasteiger partial charge < -0.3 is 19.1 Å². The van der Waals surface area contributed by atoms with Crippen molar-refractivity contribution in [2.45, 2.75) is 50.7 Å². The fourth-order valence-corrected chi connectivity index (χ4v) is 7.29. The molecule has 3 fully saturated rings. The third kappa shape index (κ3) is 5.03. The number of hydrogen-bond acceptors (Lipinski definition) is 8. The minimum Gasteiger partial charge on any atom is -0.399 e. The van der Waals surface area contributed by atoms with Crippen LogP contribution in [0.5, 0.6) is 0 Å². The fraction of sp³-hybridized carbons (Fsp3) is 0.500. The summed E-state index contributed by atoms with van der Waals surface area (Å²) >= 11 is 9.55. The number of likely N-dealkylation sites (N-methyl/N-ethyl adjacent to an activating group) is 2. The minimum atomic E-state index is -0.315. The Labute approximate surface area is 238 Å². The Kier molecular flexibility index (Phi) is 6.87. The number of hydrogen-bond donors (Lipinski definition) is 0. The first kappa shape index (κ1) is 26.6. The van der Waals surface area contributed by atoms with Gasteiger partial charge in [0.05, 0.1) is 41.7 Å². The zero-order valence-corrected chi connectivity index (χ0v) is 25.2. The Hall–Kier alpha value is -1.59. The number of aromatic nitrogens is 2. The SMILES string of the molecule is CN1CC(c2nc3cc(B4OC(C)(C)C(C)(C)O4)ccc3s2)C1.CN1CC(c2nc3cc(Cl)ccc3s2)C1. The highest BCUT2D eigenvalue weighted by molar-refractivity contribution is 7.19. The van der Waals surface area contributed by atoms with Gasteiger partial charge in [-0.1, -0.05) is 17.7 Å². The molecule has 4 aromatic rings. The lowest BCUT2D eigenvalue weighted by molar-refractivity contribution is 0.00578. The van der Waals surface area contributed by atoms with Crippen molar-refractivity contribution in [3.8, 4) is 0 Å². The molecule has 3 aliphatic rings. The number of nitrogens with zero attached hydrogens (tertiary/aromatic N) is 4. The molecular weight excluding hydrogens is 535 g/mol. The van der Waals surface area contributed by atoms with Gasteiger partial charge in [-0.3, -0.25) is 0 Å². The van der Waals surface area contributed by atoms with Gasteiger partial charge in [0, 0.05) is 43.0 Å². The predicted molar refractivity (Wildman–Crippen MR) is 160 cm³/mol. The quantitative estimate of drug-likeness (QED) is 0.300. The molecule has 5 heterocycles. The van der Waals surface area contributed by atoms with E-state index in [0.717, 1.165) is 47.7 Å². The van der Waals surface area contributed by atoms with E-state index >= 15 is 0 Å². The van der Waals surface area contributed by atoms with Crippen molar-refractivity contribution in [2.24, 2.45) is 0 Å². The number of halogens is 1. The molecule has 0 N–H and O–H groups in total. The number of thiazole rings is 2. The largest absolute Gasteiger partial charge is 0.494 e. The maximum absolute atomic E-state index is 6.15. The van der Waals surface area contributed by atoms with Crippen LogP contribution in [0.2, 0.25) is 5.02 Å². The molecule has 6 nitrogen and oxygen atoms in total. The summed E-state index contributed by atoms with van der Waals surface area (Å²) in [6, 6.07) is 12.3. The first-order chi connectivity index (χ1) is 18.0. The molecule has 200 valence electrons. The van der Waals surface area contributed by atoms with Crippen LogP contribution in [0.15, 0.2) is 36.4 Å². The molecule has 3 saturated heterocycles. The van der Waals surface area contributed by atoms with Gasteiger partial charge in [-0.05, 0) is 77.6 Å². The highest BCUT2D eigenvalue weighted by Crippen LogP contribution is 2.37. The van der Waals surface area contributed by atoms with E-state index in [1.54, 1.807) is 11.3 Å². The Balaban J connectivity index is 0.000000152. The summed E-state index contributed by atoms with van der Waals surface area (Å²) in [6.07, 6.45) is 0. The van der Waals surface area contributed by atoms with Crippen LogP contribution in [0.3, 0.4) is 0 Å². The van der Waals surface area contributed by atoms with Crippen molar-refractivity contribution in [1.29, 1.82) is 0 Å². The lowest BCUT2D eigenvalue weighted by Crippen LogP contribution is -2.41. The van der Waals surface area contributed by atoms with Crippen molar-refractivity contribution in [2.75, 3.05) is 40.3 Å². The Bertz CT molecular complexity index is 1460. The van der Waals surface area contributed by atoms with Crippen LogP contribution < -0.4 is 5.46 Å². The van der Waals surface area contributed by atoms with Gasteiger partial charge >= 0.3 is 7.12 Å². The van der Waals surface area contributed by atoms with Crippen LogP contribution in [-0.2, 0) is 9.31 Å². The molecule has 0 saturated carbocycles. The summed E-state index contributed by atoms with van der Waals surface area (Å²) in [7, 11) is 3.98. The maximum Gasteiger partial charge on any atom is 0.494 e. The highest BCUT2D eigenvalue weighted by Gasteiger charge is 2.51. The third-order valence-corrected chi connectivity index (χ3v) is 10.8. The van der Waals surface area contributed by atoms with E-state index < -0.39 is 0 Å². The average Bonchev–Trinajstić information content (AvgIpc) is 3.47. The molecule has 10 heteroatoms. The molecule has 0 aliphatic carbocycles. The van der Waals surface area contributed by atoms with Gasteiger partial charge in [-0.2, -0.15) is 0 Å². The summed E-state index contributed by atoms with van der Waals surface area (Å²) in [4.78, 5) is 14.1. The van der Waals surface area contributed by atoms with Gasteiger partial charge in [0.1, 0.15) is 0 Å². The van der Waals surface area contributed by atoms with Crippen LogP contribution >= 0.6 is 34.3 Å². The van der Waals surface area contributed by atoms with E-state index in [0.29, 0.717) is 11.8 Å². The zero-order valence-electron chi connectivity index (χ0n) is 22.8. The fourth-order valence-electron chi connectivity index (χ4n) is 5.07. The lowest BCUT2D eigenvalue weighted by atomic mass is 9.79. The van der Waals surface area contributed by atoms with Crippen LogP contribution in [-0.4, -0.2) is 78.4 Å². The average molecular weight is 569 g/mol. The second kappa shape index (κ2) is 9.80. The van der Waals surface area contributed by atoms with E-state index in [-0.39, 0.29) is 18.3 Å². The smallest absolute Gasteiger partial charge is 0.399 e. The molecule has 7 rings (SSSR count). The van der Waals surface area contributed by atoms with Crippen molar-refractivity contribution in [1.82, 2.24) is 19.8 Å². The standard InChI is InChI=1S/C17H23BN2O2S.C11H11ClN2S/c1-16(2)17(3,4)22-18(21-16)12-6-7-14-13(8-12)19-15(23-14)11-9-20(5)10-11;1-14-5-7(6-14)11-13-9-4-8(12)2-3-10(9)15-11/h6-8,11H,9-10H2,1-5H3;2-4,7H,5-6H2,1H3. The van der Waals surface area contributed by atoms with Crippen molar-refractivity contribution in [3.05, 3.63) is 51.4 Å². The maximum atomic E-state index is 6.15. The molecule has 0 unspecified atom stereocenters. The molecule has 0 atom stereocenters. The van der Waals surface area contributed by atoms with Gasteiger partial charge in [-0.25, -0.2) is 9.97 Å². The lowest BCUT2D eigenvalue weighted by Gasteiger charge is -2.34. The molecular formula is C28H34BClN4O2S2. The molecule has 3 aliphatic heterocycles. The normalized spacial score (nSPS) is 21.9. The molecule has 2 aromatic carbocycles. The number of benzene rings is 2. The van der Waals surface area contributed by atoms with Gasteiger partial charge in [0.15, 0.2) is 0 Å². The first-order valence-electron chi connectivity index (χ1n) is 13.2. The van der Waals surface area contributed by atoms with Crippen molar-refractivity contribution < 1.29 is 9.31 Å². The molecule has 0 radical (unpaired) electrons. The predicted octanol–water partition coefficient (Wildman–Crippen LogP) is 5.60. The minimum absolute atomic E-state index is 0.309.